The van der Waals surface area contributed by atoms with E-state index in [0.717, 1.165) is 0 Å². The highest BCUT2D eigenvalue weighted by molar-refractivity contribution is 5.84. The molecule has 87 heavy (non-hydrogen) atoms. The molecule has 426 valence electrons. The van der Waals surface area contributed by atoms with Crippen molar-refractivity contribution in [2.24, 2.45) is 0 Å². The van der Waals surface area contributed by atoms with E-state index in [0.29, 0.717) is 101 Å². The second kappa shape index (κ2) is 25.8. The van der Waals surface area contributed by atoms with Gasteiger partial charge in [0.1, 0.15) is 106 Å². The highest BCUT2D eigenvalue weighted by Gasteiger charge is 2.24. The number of benzene rings is 3. The molecule has 12 aromatic rings. The molecule has 9 aromatic heterocycles. The maximum Gasteiger partial charge on any atom is 0.150 e. The van der Waals surface area contributed by atoms with E-state index in [1.54, 1.807) is 91.4 Å². The van der Waals surface area contributed by atoms with Crippen LogP contribution in [0.5, 0.6) is 0 Å². The topological polar surface area (TPSA) is 340 Å². The van der Waals surface area contributed by atoms with Gasteiger partial charge in [-0.25, -0.2) is 58.0 Å². The lowest BCUT2D eigenvalue weighted by atomic mass is 9.99. The number of aromatic nitrogens is 12. The highest BCUT2D eigenvalue weighted by Crippen LogP contribution is 2.37. The average Bonchev–Trinajstić information content (AvgIpc) is 1.59. The van der Waals surface area contributed by atoms with Crippen molar-refractivity contribution in [2.75, 3.05) is 33.2 Å². The first-order valence-electron chi connectivity index (χ1n) is 26.6. The number of hydrogen-bond acceptors (Lipinski definition) is 21. The van der Waals surface area contributed by atoms with Gasteiger partial charge in [0.15, 0.2) is 0 Å². The van der Waals surface area contributed by atoms with Gasteiger partial charge < -0.3 is 33.2 Å². The van der Waals surface area contributed by atoms with Crippen LogP contribution in [0.2, 0.25) is 0 Å². The lowest BCUT2D eigenvalue weighted by Gasteiger charge is -2.20. The smallest absolute Gasteiger partial charge is 0.150 e. The predicted octanol–water partition coefficient (Wildman–Crippen LogP) is 11.6. The van der Waals surface area contributed by atoms with Crippen molar-refractivity contribution in [3.8, 4) is 52.0 Å². The predicted molar refractivity (Wildman–Crippen MR) is 324 cm³/mol. The number of nitrogens with two attached hydrogens (primary N) is 3. The Bertz CT molecular complexity index is 4210. The first-order chi connectivity index (χ1) is 42.2. The Morgan fingerprint density at radius 3 is 0.908 bits per heavy atom. The second-order valence-electron chi connectivity index (χ2n) is 19.2. The number of pyridine rings is 6. The van der Waals surface area contributed by atoms with Gasteiger partial charge in [-0.15, -0.1) is 0 Å². The summed E-state index contributed by atoms with van der Waals surface area (Å²) in [6.45, 7) is 5.61. The van der Waals surface area contributed by atoms with Crippen LogP contribution in [0.15, 0.2) is 165 Å². The van der Waals surface area contributed by atoms with E-state index in [2.05, 4.69) is 75.8 Å². The van der Waals surface area contributed by atoms with Gasteiger partial charge >= 0.3 is 0 Å². The number of anilines is 6. The highest BCUT2D eigenvalue weighted by atomic mass is 19.1. The van der Waals surface area contributed by atoms with Crippen LogP contribution in [0, 0.1) is 51.4 Å². The molecule has 0 saturated carbocycles. The van der Waals surface area contributed by atoms with Crippen LogP contribution in [-0.2, 0) is 0 Å². The van der Waals surface area contributed by atoms with Crippen LogP contribution in [0.3, 0.4) is 0 Å². The van der Waals surface area contributed by atoms with Gasteiger partial charge in [0.2, 0.25) is 0 Å². The fraction of sp³-hybridized carbons (Fsp3) is 0.0952. The van der Waals surface area contributed by atoms with Crippen molar-refractivity contribution in [2.45, 2.75) is 38.9 Å². The molecule has 3 aromatic carbocycles. The summed E-state index contributed by atoms with van der Waals surface area (Å²) in [4.78, 5) is 50.9. The van der Waals surface area contributed by atoms with E-state index in [4.69, 9.17) is 17.2 Å². The standard InChI is InChI=1S/3C21H16FN7/c3*1-12(28-21-15(10-23)20(24)26-11-27-21)14-9-18-17(7-4-8-25-18)29-19(14)13-5-2-3-6-16(13)22/h3*2-9,11-12H,1H3,(H3,24,26,27,28)/t2*12-;/m10./s1. The van der Waals surface area contributed by atoms with Crippen molar-refractivity contribution in [3.05, 3.63) is 216 Å². The van der Waals surface area contributed by atoms with Gasteiger partial charge in [-0.1, -0.05) is 36.4 Å². The molecule has 3 atom stereocenters. The molecule has 9 N–H and O–H groups in total. The van der Waals surface area contributed by atoms with Crippen LogP contribution >= 0.6 is 0 Å². The van der Waals surface area contributed by atoms with E-state index in [9.17, 15) is 29.0 Å². The number of nitrogens with zero attached hydrogens (tertiary/aromatic N) is 15. The minimum atomic E-state index is -0.374. The normalized spacial score (nSPS) is 11.8. The first-order valence-corrected chi connectivity index (χ1v) is 26.6. The van der Waals surface area contributed by atoms with Gasteiger partial charge in [0.05, 0.1) is 68.3 Å². The lowest BCUT2D eigenvalue weighted by Crippen LogP contribution is -2.13. The number of halogens is 3. The van der Waals surface area contributed by atoms with Gasteiger partial charge in [-0.05, 0) is 112 Å². The minimum absolute atomic E-state index is 0.0878. The molecule has 21 nitrogen and oxygen atoms in total. The van der Waals surface area contributed by atoms with Gasteiger partial charge in [-0.3, -0.25) is 15.0 Å². The largest absolute Gasteiger partial charge is 0.382 e. The van der Waals surface area contributed by atoms with E-state index < -0.39 is 0 Å². The van der Waals surface area contributed by atoms with Crippen LogP contribution in [0.25, 0.3) is 66.9 Å². The molecule has 0 aliphatic rings. The Morgan fingerprint density at radius 1 is 0.368 bits per heavy atom. The molecule has 0 bridgehead atoms. The summed E-state index contributed by atoms with van der Waals surface area (Å²) < 4.78 is 43.7. The summed E-state index contributed by atoms with van der Waals surface area (Å²) in [6.07, 6.45) is 8.87. The zero-order valence-electron chi connectivity index (χ0n) is 46.4. The van der Waals surface area contributed by atoms with E-state index >= 15 is 0 Å². The van der Waals surface area contributed by atoms with Crippen LogP contribution in [0.4, 0.5) is 48.1 Å². The molecule has 12 rings (SSSR count). The van der Waals surface area contributed by atoms with Crippen LogP contribution in [0.1, 0.15) is 72.3 Å². The third kappa shape index (κ3) is 12.5. The quantitative estimate of drug-likeness (QED) is 0.0662. The van der Waals surface area contributed by atoms with Crippen LogP contribution in [-0.4, -0.2) is 59.8 Å². The maximum absolute atomic E-state index is 14.6. The Hall–Kier alpha value is -12.4. The van der Waals surface area contributed by atoms with E-state index in [-0.39, 0.29) is 69.7 Å². The summed E-state index contributed by atoms with van der Waals surface area (Å²) in [5.41, 5.74) is 26.5. The molecule has 9 heterocycles. The molecule has 0 amide bonds. The van der Waals surface area contributed by atoms with Gasteiger partial charge in [-0.2, -0.15) is 15.8 Å². The number of rotatable bonds is 12. The molecule has 0 aliphatic carbocycles. The summed E-state index contributed by atoms with van der Waals surface area (Å²) in [5.74, 6) is 0.0378. The summed E-state index contributed by atoms with van der Waals surface area (Å²) in [6, 6.07) is 40.7. The Morgan fingerprint density at radius 2 is 0.644 bits per heavy atom. The molecule has 0 aliphatic heterocycles. The van der Waals surface area contributed by atoms with Gasteiger partial charge in [0, 0.05) is 52.0 Å². The van der Waals surface area contributed by atoms with Crippen LogP contribution < -0.4 is 33.2 Å². The van der Waals surface area contributed by atoms with Gasteiger partial charge in [0.25, 0.3) is 0 Å². The minimum Gasteiger partial charge on any atom is -0.382 e. The van der Waals surface area contributed by atoms with Crippen molar-refractivity contribution < 1.29 is 13.2 Å². The summed E-state index contributed by atoms with van der Waals surface area (Å²) in [7, 11) is 0. The SMILES string of the molecule is CC(Nc1ncnc(N)c1C#N)c1cc2ncccc2nc1-c1ccccc1F.C[C@@H](Nc1ncnc(N)c1C#N)c1cc2ncccc2nc1-c1ccccc1F.C[C@H](Nc1ncnc(N)c1C#N)c1cc2ncccc2nc1-c1ccccc1F. The second-order valence-corrected chi connectivity index (χ2v) is 19.2. The zero-order chi connectivity index (χ0) is 61.1. The van der Waals surface area contributed by atoms with Crippen molar-refractivity contribution in [1.82, 2.24) is 59.8 Å². The van der Waals surface area contributed by atoms with E-state index in [1.807, 2.05) is 75.4 Å². The molecule has 24 heteroatoms. The fourth-order valence-electron chi connectivity index (χ4n) is 9.35. The third-order valence-corrected chi connectivity index (χ3v) is 13.7. The summed E-state index contributed by atoms with van der Waals surface area (Å²) in [5, 5.41) is 37.6. The first kappa shape index (κ1) is 57.9. The Kier molecular flexibility index (Phi) is 17.2. The van der Waals surface area contributed by atoms with Crippen molar-refractivity contribution in [3.63, 3.8) is 0 Å². The Balaban J connectivity index is 0.000000144. The maximum atomic E-state index is 14.6. The molecule has 1 unspecified atom stereocenters. The molecular formula is C63H48F3N21. The molecule has 0 spiro atoms. The molecule has 0 saturated heterocycles. The molecular weight excluding hydrogens is 1110 g/mol. The number of nitrogen functional groups attached to an aromatic ring is 3. The van der Waals surface area contributed by atoms with Crippen molar-refractivity contribution in [1.29, 1.82) is 15.8 Å². The average molecular weight is 1160 g/mol. The molecule has 0 fully saturated rings. The number of hydrogen-bond donors (Lipinski definition) is 6. The zero-order valence-corrected chi connectivity index (χ0v) is 46.4. The van der Waals surface area contributed by atoms with Crippen molar-refractivity contribution >= 4 is 68.0 Å². The third-order valence-electron chi connectivity index (χ3n) is 13.7. The monoisotopic (exact) mass is 1160 g/mol. The number of nitriles is 3. The fourth-order valence-corrected chi connectivity index (χ4v) is 9.35. The van der Waals surface area contributed by atoms with E-state index in [1.165, 1.54) is 37.2 Å². The number of fused-ring (bicyclic) bond motifs is 3. The summed E-state index contributed by atoms with van der Waals surface area (Å²) >= 11 is 0. The number of nitrogens with one attached hydrogen (secondary N) is 3. The Labute approximate surface area is 494 Å². The lowest BCUT2D eigenvalue weighted by molar-refractivity contribution is 0.630. The molecule has 0 radical (unpaired) electrons.